The largest absolute Gasteiger partial charge is 0.397 e. The molecular weight excluding hydrogens is 272 g/mol. The lowest BCUT2D eigenvalue weighted by molar-refractivity contribution is 0.403. The van der Waals surface area contributed by atoms with Gasteiger partial charge in [-0.05, 0) is 50.8 Å². The molecule has 0 aliphatic heterocycles. The predicted molar refractivity (Wildman–Crippen MR) is 92.1 cm³/mol. The summed E-state index contributed by atoms with van der Waals surface area (Å²) in [7, 11) is 4.12. The van der Waals surface area contributed by atoms with Gasteiger partial charge in [0.05, 0.1) is 23.0 Å². The summed E-state index contributed by atoms with van der Waals surface area (Å²) in [5, 5.41) is 8.98. The second-order valence-corrected chi connectivity index (χ2v) is 5.50. The molecule has 0 saturated heterocycles. The van der Waals surface area contributed by atoms with Gasteiger partial charge >= 0.3 is 0 Å². The predicted octanol–water partition coefficient (Wildman–Crippen LogP) is 3.36. The number of anilines is 3. The zero-order chi connectivity index (χ0) is 16.1. The summed E-state index contributed by atoms with van der Waals surface area (Å²) in [6, 6.07) is 15.9. The van der Waals surface area contributed by atoms with Gasteiger partial charge in [-0.2, -0.15) is 5.26 Å². The lowest BCUT2D eigenvalue weighted by Crippen LogP contribution is -2.21. The molecule has 0 aromatic heterocycles. The molecule has 4 nitrogen and oxygen atoms in total. The lowest BCUT2D eigenvalue weighted by Gasteiger charge is -2.28. The summed E-state index contributed by atoms with van der Waals surface area (Å²) in [6.45, 7) is 3.77. The third kappa shape index (κ3) is 3.38. The molecule has 0 aliphatic carbocycles. The quantitative estimate of drug-likeness (QED) is 0.859. The summed E-state index contributed by atoms with van der Waals surface area (Å²) in [4.78, 5) is 4.34. The van der Waals surface area contributed by atoms with Crippen molar-refractivity contribution in [1.82, 2.24) is 4.90 Å². The van der Waals surface area contributed by atoms with Gasteiger partial charge in [0, 0.05) is 18.8 Å². The van der Waals surface area contributed by atoms with Gasteiger partial charge in [0.15, 0.2) is 0 Å². The highest BCUT2D eigenvalue weighted by molar-refractivity contribution is 5.77. The maximum atomic E-state index is 8.98. The molecular formula is C18H22N4. The van der Waals surface area contributed by atoms with Crippen LogP contribution in [0.3, 0.4) is 0 Å². The molecule has 114 valence electrons. The number of hydrogen-bond donors (Lipinski definition) is 1. The van der Waals surface area contributed by atoms with Gasteiger partial charge in [-0.15, -0.1) is 0 Å². The van der Waals surface area contributed by atoms with Crippen molar-refractivity contribution in [1.29, 1.82) is 5.26 Å². The Balaban J connectivity index is 2.47. The molecule has 0 saturated carbocycles. The van der Waals surface area contributed by atoms with Crippen molar-refractivity contribution < 1.29 is 0 Å². The van der Waals surface area contributed by atoms with Gasteiger partial charge in [-0.3, -0.25) is 0 Å². The Hall–Kier alpha value is -2.51. The van der Waals surface area contributed by atoms with Crippen LogP contribution in [0.25, 0.3) is 0 Å². The summed E-state index contributed by atoms with van der Waals surface area (Å²) in [6.07, 6.45) is 0. The molecule has 2 aromatic carbocycles. The Morgan fingerprint density at radius 1 is 1.09 bits per heavy atom. The highest BCUT2D eigenvalue weighted by Gasteiger charge is 2.14. The van der Waals surface area contributed by atoms with Crippen molar-refractivity contribution in [2.24, 2.45) is 0 Å². The number of nitrogen functional groups attached to an aromatic ring is 1. The number of benzene rings is 2. The van der Waals surface area contributed by atoms with Gasteiger partial charge in [-0.25, -0.2) is 0 Å². The number of nitriles is 1. The minimum absolute atomic E-state index is 0.582. The summed E-state index contributed by atoms with van der Waals surface area (Å²) < 4.78 is 0. The van der Waals surface area contributed by atoms with E-state index in [0.717, 1.165) is 24.5 Å². The number of rotatable bonds is 5. The van der Waals surface area contributed by atoms with Gasteiger partial charge in [-0.1, -0.05) is 18.2 Å². The molecule has 0 fully saturated rings. The van der Waals surface area contributed by atoms with E-state index in [2.05, 4.69) is 55.1 Å². The highest BCUT2D eigenvalue weighted by atomic mass is 15.1. The minimum atomic E-state index is 0.582. The van der Waals surface area contributed by atoms with Crippen molar-refractivity contribution in [3.8, 4) is 6.07 Å². The first kappa shape index (κ1) is 15.9. The van der Waals surface area contributed by atoms with Gasteiger partial charge in [0.25, 0.3) is 0 Å². The third-order valence-electron chi connectivity index (χ3n) is 3.53. The van der Waals surface area contributed by atoms with E-state index in [9.17, 15) is 0 Å². The van der Waals surface area contributed by atoms with Crippen LogP contribution in [0.4, 0.5) is 17.1 Å². The molecule has 0 atom stereocenters. The molecule has 0 radical (unpaired) electrons. The van der Waals surface area contributed by atoms with Crippen LogP contribution in [0, 0.1) is 11.3 Å². The average Bonchev–Trinajstić information content (AvgIpc) is 2.50. The molecule has 0 bridgehead atoms. The van der Waals surface area contributed by atoms with Crippen molar-refractivity contribution in [3.05, 3.63) is 53.6 Å². The van der Waals surface area contributed by atoms with E-state index in [1.54, 1.807) is 6.07 Å². The van der Waals surface area contributed by atoms with Crippen LogP contribution in [0.2, 0.25) is 0 Å². The number of hydrogen-bond acceptors (Lipinski definition) is 4. The van der Waals surface area contributed by atoms with E-state index in [1.807, 2.05) is 18.2 Å². The zero-order valence-corrected chi connectivity index (χ0v) is 13.4. The summed E-state index contributed by atoms with van der Waals surface area (Å²) in [5.41, 5.74) is 10.7. The monoisotopic (exact) mass is 294 g/mol. The molecule has 0 amide bonds. The van der Waals surface area contributed by atoms with E-state index in [1.165, 1.54) is 5.56 Å². The molecule has 4 heteroatoms. The smallest absolute Gasteiger partial charge is 0.0992 e. The lowest BCUT2D eigenvalue weighted by atomic mass is 10.1. The van der Waals surface area contributed by atoms with Crippen molar-refractivity contribution >= 4 is 17.1 Å². The SMILES string of the molecule is CCN(c1ccc(C#N)cc1N)c1ccccc1CN(C)C. The van der Waals surface area contributed by atoms with Crippen LogP contribution < -0.4 is 10.6 Å². The van der Waals surface area contributed by atoms with Crippen molar-refractivity contribution in [2.45, 2.75) is 13.5 Å². The summed E-state index contributed by atoms with van der Waals surface area (Å²) >= 11 is 0. The highest BCUT2D eigenvalue weighted by Crippen LogP contribution is 2.33. The number of nitrogens with two attached hydrogens (primary N) is 1. The first-order valence-corrected chi connectivity index (χ1v) is 7.36. The first-order valence-electron chi connectivity index (χ1n) is 7.36. The Bertz CT molecular complexity index is 686. The second-order valence-electron chi connectivity index (χ2n) is 5.50. The van der Waals surface area contributed by atoms with Crippen molar-refractivity contribution in [3.63, 3.8) is 0 Å². The Kier molecular flexibility index (Phi) is 5.03. The molecule has 0 aliphatic rings. The zero-order valence-electron chi connectivity index (χ0n) is 13.4. The number of para-hydroxylation sites is 1. The molecule has 0 spiro atoms. The molecule has 2 rings (SSSR count). The fourth-order valence-electron chi connectivity index (χ4n) is 2.59. The van der Waals surface area contributed by atoms with Crippen LogP contribution in [0.5, 0.6) is 0 Å². The minimum Gasteiger partial charge on any atom is -0.397 e. The maximum absolute atomic E-state index is 8.98. The van der Waals surface area contributed by atoms with Crippen LogP contribution in [0.1, 0.15) is 18.1 Å². The fraction of sp³-hybridized carbons (Fsp3) is 0.278. The van der Waals surface area contributed by atoms with E-state index < -0.39 is 0 Å². The van der Waals surface area contributed by atoms with E-state index in [0.29, 0.717) is 11.3 Å². The number of nitrogens with zero attached hydrogens (tertiary/aromatic N) is 3. The Labute approximate surface area is 132 Å². The molecule has 0 unspecified atom stereocenters. The molecule has 22 heavy (non-hydrogen) atoms. The van der Waals surface area contributed by atoms with Gasteiger partial charge < -0.3 is 15.5 Å². The Morgan fingerprint density at radius 3 is 2.41 bits per heavy atom. The topological polar surface area (TPSA) is 56.3 Å². The van der Waals surface area contributed by atoms with Crippen LogP contribution in [-0.2, 0) is 6.54 Å². The van der Waals surface area contributed by atoms with Crippen LogP contribution in [-0.4, -0.2) is 25.5 Å². The summed E-state index contributed by atoms with van der Waals surface area (Å²) in [5.74, 6) is 0. The van der Waals surface area contributed by atoms with E-state index in [4.69, 9.17) is 11.0 Å². The molecule has 2 N–H and O–H groups in total. The van der Waals surface area contributed by atoms with Crippen molar-refractivity contribution in [2.75, 3.05) is 31.3 Å². The average molecular weight is 294 g/mol. The standard InChI is InChI=1S/C18H22N4/c1-4-22(18-10-9-14(12-19)11-16(18)20)17-8-6-5-7-15(17)13-21(2)3/h5-11H,4,13,20H2,1-3H3. The second kappa shape index (κ2) is 6.97. The van der Waals surface area contributed by atoms with E-state index >= 15 is 0 Å². The molecule has 2 aromatic rings. The third-order valence-corrected chi connectivity index (χ3v) is 3.53. The van der Waals surface area contributed by atoms with Gasteiger partial charge in [0.2, 0.25) is 0 Å². The molecule has 0 heterocycles. The Morgan fingerprint density at radius 2 is 1.82 bits per heavy atom. The van der Waals surface area contributed by atoms with Crippen LogP contribution >= 0.6 is 0 Å². The fourth-order valence-corrected chi connectivity index (χ4v) is 2.59. The normalized spacial score (nSPS) is 10.5. The van der Waals surface area contributed by atoms with E-state index in [-0.39, 0.29) is 0 Å². The van der Waals surface area contributed by atoms with Gasteiger partial charge in [0.1, 0.15) is 0 Å². The first-order chi connectivity index (χ1) is 10.6. The maximum Gasteiger partial charge on any atom is 0.0992 e. The van der Waals surface area contributed by atoms with Crippen LogP contribution in [0.15, 0.2) is 42.5 Å².